The quantitative estimate of drug-likeness (QED) is 0.899. The van der Waals surface area contributed by atoms with E-state index in [0.29, 0.717) is 30.5 Å². The lowest BCUT2D eigenvalue weighted by molar-refractivity contribution is 0.291. The summed E-state index contributed by atoms with van der Waals surface area (Å²) in [7, 11) is 0. The van der Waals surface area contributed by atoms with Crippen molar-refractivity contribution in [3.63, 3.8) is 0 Å². The van der Waals surface area contributed by atoms with Gasteiger partial charge in [0.05, 0.1) is 18.2 Å². The highest BCUT2D eigenvalue weighted by Crippen LogP contribution is 2.48. The largest absolute Gasteiger partial charge is 0.489 e. The maximum absolute atomic E-state index is 6.48. The van der Waals surface area contributed by atoms with Crippen molar-refractivity contribution in [1.29, 1.82) is 0 Å². The molecular weight excluding hydrogens is 286 g/mol. The van der Waals surface area contributed by atoms with Crippen LogP contribution in [0.25, 0.3) is 0 Å². The number of rotatable bonds is 2. The van der Waals surface area contributed by atoms with E-state index in [9.17, 15) is 0 Å². The molecule has 0 amide bonds. The minimum Gasteiger partial charge on any atom is -0.489 e. The molecule has 2 N–H and O–H groups in total. The molecule has 1 heterocycles. The second kappa shape index (κ2) is 6.05. The SMILES string of the molecule is Cc1c(C2(CN)CCCCC2)cc(Cl)c2c1OCCCO2. The minimum atomic E-state index is 0.0522. The lowest BCUT2D eigenvalue weighted by Gasteiger charge is -2.38. The first-order valence-corrected chi connectivity index (χ1v) is 8.35. The molecule has 0 unspecified atom stereocenters. The Morgan fingerprint density at radius 1 is 1.10 bits per heavy atom. The molecule has 1 aliphatic heterocycles. The van der Waals surface area contributed by atoms with E-state index in [2.05, 4.69) is 13.0 Å². The van der Waals surface area contributed by atoms with Gasteiger partial charge in [0.2, 0.25) is 0 Å². The molecule has 1 aromatic rings. The first-order chi connectivity index (χ1) is 10.2. The van der Waals surface area contributed by atoms with Crippen LogP contribution in [-0.2, 0) is 5.41 Å². The van der Waals surface area contributed by atoms with Gasteiger partial charge in [-0.05, 0) is 37.0 Å². The summed E-state index contributed by atoms with van der Waals surface area (Å²) in [5.41, 5.74) is 8.65. The van der Waals surface area contributed by atoms with Crippen molar-refractivity contribution in [2.24, 2.45) is 5.73 Å². The first kappa shape index (κ1) is 15.0. The van der Waals surface area contributed by atoms with Gasteiger partial charge in [-0.15, -0.1) is 0 Å². The lowest BCUT2D eigenvalue weighted by Crippen LogP contribution is -2.37. The van der Waals surface area contributed by atoms with E-state index >= 15 is 0 Å². The number of halogens is 1. The predicted molar refractivity (Wildman–Crippen MR) is 85.6 cm³/mol. The summed E-state index contributed by atoms with van der Waals surface area (Å²) < 4.78 is 11.7. The van der Waals surface area contributed by atoms with Crippen LogP contribution in [0.4, 0.5) is 0 Å². The molecule has 0 atom stereocenters. The molecule has 1 saturated carbocycles. The van der Waals surface area contributed by atoms with Gasteiger partial charge < -0.3 is 15.2 Å². The monoisotopic (exact) mass is 309 g/mol. The van der Waals surface area contributed by atoms with E-state index in [0.717, 1.165) is 30.6 Å². The molecule has 0 aromatic heterocycles. The fourth-order valence-electron chi connectivity index (χ4n) is 3.78. The molecule has 0 spiro atoms. The fourth-order valence-corrected chi connectivity index (χ4v) is 4.03. The van der Waals surface area contributed by atoms with Gasteiger partial charge >= 0.3 is 0 Å². The predicted octanol–water partition coefficient (Wildman–Crippen LogP) is 3.97. The van der Waals surface area contributed by atoms with Crippen LogP contribution in [0.1, 0.15) is 49.7 Å². The van der Waals surface area contributed by atoms with E-state index < -0.39 is 0 Å². The summed E-state index contributed by atoms with van der Waals surface area (Å²) in [5, 5.41) is 0.658. The van der Waals surface area contributed by atoms with Crippen molar-refractivity contribution in [2.75, 3.05) is 19.8 Å². The average molecular weight is 310 g/mol. The van der Waals surface area contributed by atoms with E-state index in [4.69, 9.17) is 26.8 Å². The highest BCUT2D eigenvalue weighted by atomic mass is 35.5. The van der Waals surface area contributed by atoms with Crippen molar-refractivity contribution < 1.29 is 9.47 Å². The van der Waals surface area contributed by atoms with Crippen molar-refractivity contribution >= 4 is 11.6 Å². The molecule has 21 heavy (non-hydrogen) atoms. The van der Waals surface area contributed by atoms with Crippen molar-refractivity contribution in [1.82, 2.24) is 0 Å². The van der Waals surface area contributed by atoms with E-state index in [1.54, 1.807) is 0 Å². The third-order valence-electron chi connectivity index (χ3n) is 4.99. The number of ether oxygens (including phenoxy) is 2. The molecule has 1 fully saturated rings. The number of hydrogen-bond acceptors (Lipinski definition) is 3. The van der Waals surface area contributed by atoms with Crippen molar-refractivity contribution in [2.45, 2.75) is 50.9 Å². The van der Waals surface area contributed by atoms with Gasteiger partial charge in [-0.3, -0.25) is 0 Å². The highest BCUT2D eigenvalue weighted by Gasteiger charge is 2.36. The van der Waals surface area contributed by atoms with E-state index in [1.165, 1.54) is 24.8 Å². The van der Waals surface area contributed by atoms with Crippen LogP contribution in [0.5, 0.6) is 11.5 Å². The smallest absolute Gasteiger partial charge is 0.180 e. The molecule has 3 nitrogen and oxygen atoms in total. The number of fused-ring (bicyclic) bond motifs is 1. The Kier molecular flexibility index (Phi) is 4.32. The van der Waals surface area contributed by atoms with Gasteiger partial charge in [0.25, 0.3) is 0 Å². The van der Waals surface area contributed by atoms with Crippen LogP contribution in [0, 0.1) is 6.92 Å². The van der Waals surface area contributed by atoms with Crippen LogP contribution in [0.15, 0.2) is 6.07 Å². The summed E-state index contributed by atoms with van der Waals surface area (Å²) in [6.45, 7) is 4.13. The molecular formula is C17H24ClNO2. The maximum atomic E-state index is 6.48. The minimum absolute atomic E-state index is 0.0522. The van der Waals surface area contributed by atoms with Crippen LogP contribution in [0.2, 0.25) is 5.02 Å². The third-order valence-corrected chi connectivity index (χ3v) is 5.27. The Labute approximate surface area is 131 Å². The average Bonchev–Trinajstić information content (AvgIpc) is 2.78. The summed E-state index contributed by atoms with van der Waals surface area (Å²) in [6.07, 6.45) is 6.95. The zero-order valence-electron chi connectivity index (χ0n) is 12.7. The molecule has 116 valence electrons. The molecule has 4 heteroatoms. The van der Waals surface area contributed by atoms with Crippen molar-refractivity contribution in [3.8, 4) is 11.5 Å². The lowest BCUT2D eigenvalue weighted by atomic mass is 9.68. The molecule has 3 rings (SSSR count). The topological polar surface area (TPSA) is 44.5 Å². The fraction of sp³-hybridized carbons (Fsp3) is 0.647. The second-order valence-electron chi connectivity index (χ2n) is 6.28. The molecule has 2 aliphatic rings. The Morgan fingerprint density at radius 2 is 1.76 bits per heavy atom. The van der Waals surface area contributed by atoms with Crippen LogP contribution in [-0.4, -0.2) is 19.8 Å². The van der Waals surface area contributed by atoms with Crippen LogP contribution >= 0.6 is 11.6 Å². The molecule has 0 radical (unpaired) electrons. The van der Waals surface area contributed by atoms with Gasteiger partial charge in [-0.25, -0.2) is 0 Å². The number of hydrogen-bond donors (Lipinski definition) is 1. The van der Waals surface area contributed by atoms with E-state index in [-0.39, 0.29) is 5.41 Å². The molecule has 1 aliphatic carbocycles. The van der Waals surface area contributed by atoms with E-state index in [1.807, 2.05) is 0 Å². The Bertz CT molecular complexity index is 524. The van der Waals surface area contributed by atoms with Gasteiger partial charge in [-0.2, -0.15) is 0 Å². The van der Waals surface area contributed by atoms with Gasteiger partial charge in [0.1, 0.15) is 0 Å². The molecule has 0 bridgehead atoms. The number of nitrogens with two attached hydrogens (primary N) is 1. The standard InChI is InChI=1S/C17H24ClNO2/c1-12-13(17(11-19)6-3-2-4-7-17)10-14(18)16-15(12)20-8-5-9-21-16/h10H,2-9,11,19H2,1H3. The zero-order valence-corrected chi connectivity index (χ0v) is 13.5. The Hall–Kier alpha value is -0.930. The zero-order chi connectivity index (χ0) is 14.9. The third kappa shape index (κ3) is 2.62. The van der Waals surface area contributed by atoms with Gasteiger partial charge in [0.15, 0.2) is 11.5 Å². The number of benzene rings is 1. The van der Waals surface area contributed by atoms with Gasteiger partial charge in [0, 0.05) is 18.4 Å². The summed E-state index contributed by atoms with van der Waals surface area (Å²) >= 11 is 6.48. The van der Waals surface area contributed by atoms with Crippen molar-refractivity contribution in [3.05, 3.63) is 22.2 Å². The first-order valence-electron chi connectivity index (χ1n) is 7.97. The Morgan fingerprint density at radius 3 is 2.43 bits per heavy atom. The second-order valence-corrected chi connectivity index (χ2v) is 6.69. The van der Waals surface area contributed by atoms with Gasteiger partial charge in [-0.1, -0.05) is 30.9 Å². The normalized spacial score (nSPS) is 20.9. The highest BCUT2D eigenvalue weighted by molar-refractivity contribution is 6.32. The Balaban J connectivity index is 2.10. The molecule has 1 aromatic carbocycles. The summed E-state index contributed by atoms with van der Waals surface area (Å²) in [4.78, 5) is 0. The van der Waals surface area contributed by atoms with Crippen LogP contribution in [0.3, 0.4) is 0 Å². The van der Waals surface area contributed by atoms with Crippen LogP contribution < -0.4 is 15.2 Å². The summed E-state index contributed by atoms with van der Waals surface area (Å²) in [5.74, 6) is 1.53. The maximum Gasteiger partial charge on any atom is 0.180 e. The molecule has 0 saturated heterocycles. The summed E-state index contributed by atoms with van der Waals surface area (Å²) in [6, 6.07) is 2.07.